The fourth-order valence-corrected chi connectivity index (χ4v) is 2.24. The van der Waals surface area contributed by atoms with Crippen LogP contribution >= 0.6 is 0 Å². The lowest BCUT2D eigenvalue weighted by Crippen LogP contribution is -2.29. The lowest BCUT2D eigenvalue weighted by Gasteiger charge is -2.19. The molecule has 0 bridgehead atoms. The van der Waals surface area contributed by atoms with Gasteiger partial charge in [-0.25, -0.2) is 12.8 Å². The van der Waals surface area contributed by atoms with Crippen LogP contribution < -0.4 is 0 Å². The minimum atomic E-state index is -3.32. The maximum atomic E-state index is 13.1. The van der Waals surface area contributed by atoms with Crippen LogP contribution in [0.3, 0.4) is 0 Å². The minimum Gasteiger partial charge on any atom is -0.228 e. The number of hydrogen-bond donors (Lipinski definition) is 0. The van der Waals surface area contributed by atoms with Crippen LogP contribution in [0.4, 0.5) is 4.39 Å². The van der Waals surface area contributed by atoms with Gasteiger partial charge < -0.3 is 0 Å². The Morgan fingerprint density at radius 1 is 1.35 bits per heavy atom. The minimum absolute atomic E-state index is 0.133. The molecule has 5 heteroatoms. The molecule has 0 unspecified atom stereocenters. The summed E-state index contributed by atoms with van der Waals surface area (Å²) in [6.07, 6.45) is 0. The van der Waals surface area contributed by atoms with Gasteiger partial charge >= 0.3 is 0 Å². The summed E-state index contributed by atoms with van der Waals surface area (Å²) in [5.74, 6) is -0.824. The predicted molar refractivity (Wildman–Crippen MR) is 63.5 cm³/mol. The average Bonchev–Trinajstić information content (AvgIpc) is 2.19. The van der Waals surface area contributed by atoms with Crippen LogP contribution in [-0.2, 0) is 15.6 Å². The van der Waals surface area contributed by atoms with Crippen molar-refractivity contribution in [1.82, 2.24) is 0 Å². The van der Waals surface area contributed by atoms with Gasteiger partial charge in [-0.2, -0.15) is 5.26 Å². The molecule has 0 amide bonds. The lowest BCUT2D eigenvalue weighted by atomic mass is 10.1. The summed E-state index contributed by atoms with van der Waals surface area (Å²) in [6, 6.07) is 5.47. The Balaban J connectivity index is 3.11. The molecule has 1 rings (SSSR count). The SMILES string of the molecule is CC(C)(C)S(=O)(=O)Cc1ccc(F)c(C#N)c1. The molecule has 0 saturated carbocycles. The second kappa shape index (κ2) is 4.46. The number of nitrogens with zero attached hydrogens (tertiary/aromatic N) is 1. The standard InChI is InChI=1S/C12H14FNO2S/c1-12(2,3)17(15,16)8-9-4-5-11(13)10(6-9)7-14/h4-6H,8H2,1-3H3. The molecule has 3 nitrogen and oxygen atoms in total. The summed E-state index contributed by atoms with van der Waals surface area (Å²) in [7, 11) is -3.32. The van der Waals surface area contributed by atoms with Gasteiger partial charge in [-0.3, -0.25) is 0 Å². The van der Waals surface area contributed by atoms with Crippen molar-refractivity contribution in [2.45, 2.75) is 31.3 Å². The van der Waals surface area contributed by atoms with Gasteiger partial charge in [0.1, 0.15) is 11.9 Å². The number of halogens is 1. The van der Waals surface area contributed by atoms with Crippen molar-refractivity contribution in [3.05, 3.63) is 35.1 Å². The Morgan fingerprint density at radius 2 is 1.94 bits per heavy atom. The summed E-state index contributed by atoms with van der Waals surface area (Å²) < 4.78 is 36.1. The van der Waals surface area contributed by atoms with Gasteiger partial charge in [-0.1, -0.05) is 6.07 Å². The second-order valence-corrected chi connectivity index (χ2v) is 7.54. The Bertz CT molecular complexity index is 565. The first-order chi connectivity index (χ1) is 7.67. The van der Waals surface area contributed by atoms with E-state index in [1.54, 1.807) is 26.8 Å². The fraction of sp³-hybridized carbons (Fsp3) is 0.417. The van der Waals surface area contributed by atoms with E-state index in [0.717, 1.165) is 6.07 Å². The number of rotatable bonds is 2. The van der Waals surface area contributed by atoms with Crippen molar-refractivity contribution in [3.8, 4) is 6.07 Å². The Hall–Kier alpha value is -1.41. The lowest BCUT2D eigenvalue weighted by molar-refractivity contribution is 0.559. The average molecular weight is 255 g/mol. The molecule has 0 aromatic heterocycles. The van der Waals surface area contributed by atoms with Crippen LogP contribution in [0.5, 0.6) is 0 Å². The molecule has 0 spiro atoms. The Kier molecular flexibility index (Phi) is 3.58. The molecule has 0 fully saturated rings. The van der Waals surface area contributed by atoms with Gasteiger partial charge in [0.2, 0.25) is 0 Å². The smallest absolute Gasteiger partial charge is 0.159 e. The summed E-state index contributed by atoms with van der Waals surface area (Å²) in [5.41, 5.74) is 0.296. The van der Waals surface area contributed by atoms with E-state index in [1.165, 1.54) is 12.1 Å². The predicted octanol–water partition coefficient (Wildman–Crippen LogP) is 2.41. The van der Waals surface area contributed by atoms with Gasteiger partial charge in [0.05, 0.1) is 16.1 Å². The van der Waals surface area contributed by atoms with Gasteiger partial charge in [-0.05, 0) is 38.5 Å². The summed E-state index contributed by atoms with van der Waals surface area (Å²) in [4.78, 5) is 0. The number of benzene rings is 1. The van der Waals surface area contributed by atoms with Crippen LogP contribution in [-0.4, -0.2) is 13.2 Å². The highest BCUT2D eigenvalue weighted by molar-refractivity contribution is 7.91. The topological polar surface area (TPSA) is 57.9 Å². The zero-order valence-corrected chi connectivity index (χ0v) is 10.8. The Labute approximate surface area is 101 Å². The normalized spacial score (nSPS) is 12.2. The summed E-state index contributed by atoms with van der Waals surface area (Å²) in [6.45, 7) is 4.82. The molecule has 1 aromatic rings. The monoisotopic (exact) mass is 255 g/mol. The van der Waals surface area contributed by atoms with E-state index in [4.69, 9.17) is 5.26 Å². The summed E-state index contributed by atoms with van der Waals surface area (Å²) >= 11 is 0. The molecule has 0 radical (unpaired) electrons. The van der Waals surface area contributed by atoms with Crippen molar-refractivity contribution in [1.29, 1.82) is 5.26 Å². The molecular weight excluding hydrogens is 241 g/mol. The van der Waals surface area contributed by atoms with Crippen LogP contribution in [0.2, 0.25) is 0 Å². The second-order valence-electron chi connectivity index (χ2n) is 4.80. The highest BCUT2D eigenvalue weighted by atomic mass is 32.2. The van der Waals surface area contributed by atoms with E-state index < -0.39 is 20.4 Å². The van der Waals surface area contributed by atoms with Gasteiger partial charge in [0.15, 0.2) is 9.84 Å². The van der Waals surface area contributed by atoms with Gasteiger partial charge in [-0.15, -0.1) is 0 Å². The molecule has 0 heterocycles. The van der Waals surface area contributed by atoms with E-state index in [-0.39, 0.29) is 11.3 Å². The molecule has 0 saturated heterocycles. The quantitative estimate of drug-likeness (QED) is 0.815. The molecule has 92 valence electrons. The zero-order chi connectivity index (χ0) is 13.3. The Morgan fingerprint density at radius 3 is 2.41 bits per heavy atom. The van der Waals surface area contributed by atoms with Crippen molar-refractivity contribution in [2.75, 3.05) is 0 Å². The van der Waals surface area contributed by atoms with Gasteiger partial charge in [0.25, 0.3) is 0 Å². The molecule has 0 atom stereocenters. The first-order valence-electron chi connectivity index (χ1n) is 5.08. The van der Waals surface area contributed by atoms with E-state index in [2.05, 4.69) is 0 Å². The third-order valence-corrected chi connectivity index (χ3v) is 5.02. The highest BCUT2D eigenvalue weighted by Crippen LogP contribution is 2.21. The largest absolute Gasteiger partial charge is 0.228 e. The van der Waals surface area contributed by atoms with Gasteiger partial charge in [0, 0.05) is 0 Å². The molecule has 0 aliphatic carbocycles. The third kappa shape index (κ3) is 3.04. The van der Waals surface area contributed by atoms with Crippen LogP contribution in [0.1, 0.15) is 31.9 Å². The van der Waals surface area contributed by atoms with E-state index >= 15 is 0 Å². The number of nitriles is 1. The molecule has 1 aromatic carbocycles. The molecule has 17 heavy (non-hydrogen) atoms. The molecule has 0 aliphatic rings. The van der Waals surface area contributed by atoms with Crippen molar-refractivity contribution < 1.29 is 12.8 Å². The number of sulfone groups is 1. The highest BCUT2D eigenvalue weighted by Gasteiger charge is 2.29. The van der Waals surface area contributed by atoms with Crippen LogP contribution in [0, 0.1) is 17.1 Å². The molecule has 0 N–H and O–H groups in total. The molecule has 0 aliphatic heterocycles. The van der Waals surface area contributed by atoms with E-state index in [9.17, 15) is 12.8 Å². The summed E-state index contributed by atoms with van der Waals surface area (Å²) in [5, 5.41) is 8.66. The maximum absolute atomic E-state index is 13.1. The van der Waals surface area contributed by atoms with E-state index in [0.29, 0.717) is 5.56 Å². The number of hydrogen-bond acceptors (Lipinski definition) is 3. The van der Waals surface area contributed by atoms with Crippen molar-refractivity contribution >= 4 is 9.84 Å². The first kappa shape index (κ1) is 13.7. The fourth-order valence-electron chi connectivity index (χ4n) is 1.18. The van der Waals surface area contributed by atoms with Crippen molar-refractivity contribution in [2.24, 2.45) is 0 Å². The van der Waals surface area contributed by atoms with E-state index in [1.807, 2.05) is 0 Å². The zero-order valence-electron chi connectivity index (χ0n) is 9.99. The van der Waals surface area contributed by atoms with Crippen LogP contribution in [0.15, 0.2) is 18.2 Å². The first-order valence-corrected chi connectivity index (χ1v) is 6.73. The van der Waals surface area contributed by atoms with Crippen LogP contribution in [0.25, 0.3) is 0 Å². The maximum Gasteiger partial charge on any atom is 0.159 e. The van der Waals surface area contributed by atoms with Crippen molar-refractivity contribution in [3.63, 3.8) is 0 Å². The third-order valence-electron chi connectivity index (χ3n) is 2.44. The molecular formula is C12H14FNO2S.